The standard InChI is InChI=1S/C13H14BrFN2O/c1-9-11(15)6-10(8-16)7-12(9)17-13(18)4-2-3-5-14/h6-7H,2-5H2,1H3,(H,17,18). The zero-order valence-corrected chi connectivity index (χ0v) is 11.7. The molecule has 0 aliphatic carbocycles. The van der Waals surface area contributed by atoms with Gasteiger partial charge in [0, 0.05) is 23.0 Å². The number of nitrogens with one attached hydrogen (secondary N) is 1. The Labute approximate surface area is 114 Å². The second-order valence-electron chi connectivity index (χ2n) is 3.94. The van der Waals surface area contributed by atoms with E-state index in [1.807, 2.05) is 6.07 Å². The van der Waals surface area contributed by atoms with Crippen molar-refractivity contribution in [3.8, 4) is 6.07 Å². The maximum Gasteiger partial charge on any atom is 0.224 e. The number of rotatable bonds is 5. The minimum absolute atomic E-state index is 0.159. The van der Waals surface area contributed by atoms with E-state index in [1.54, 1.807) is 6.92 Å². The van der Waals surface area contributed by atoms with Crippen molar-refractivity contribution >= 4 is 27.5 Å². The summed E-state index contributed by atoms with van der Waals surface area (Å²) in [6.45, 7) is 1.57. The van der Waals surface area contributed by atoms with Crippen LogP contribution < -0.4 is 5.32 Å². The third-order valence-corrected chi connectivity index (χ3v) is 3.10. The summed E-state index contributed by atoms with van der Waals surface area (Å²) in [6.07, 6.45) is 2.08. The SMILES string of the molecule is Cc1c(F)cc(C#N)cc1NC(=O)CCCCBr. The molecule has 5 heteroatoms. The Morgan fingerprint density at radius 3 is 2.83 bits per heavy atom. The summed E-state index contributed by atoms with van der Waals surface area (Å²) in [5.74, 6) is -0.640. The Morgan fingerprint density at radius 2 is 2.22 bits per heavy atom. The van der Waals surface area contributed by atoms with E-state index >= 15 is 0 Å². The van der Waals surface area contributed by atoms with Crippen LogP contribution in [0.2, 0.25) is 0 Å². The van der Waals surface area contributed by atoms with Crippen LogP contribution in [0.15, 0.2) is 12.1 Å². The Hall–Kier alpha value is -1.41. The number of carbonyl (C=O) groups is 1. The first-order chi connectivity index (χ1) is 8.58. The number of anilines is 1. The Morgan fingerprint density at radius 1 is 1.50 bits per heavy atom. The summed E-state index contributed by atoms with van der Waals surface area (Å²) in [5.41, 5.74) is 0.923. The van der Waals surface area contributed by atoms with Gasteiger partial charge in [-0.2, -0.15) is 5.26 Å². The molecule has 0 saturated heterocycles. The molecule has 1 N–H and O–H groups in total. The van der Waals surface area contributed by atoms with Crippen molar-refractivity contribution in [3.63, 3.8) is 0 Å². The van der Waals surface area contributed by atoms with Gasteiger partial charge in [0.2, 0.25) is 5.91 Å². The maximum atomic E-state index is 13.5. The van der Waals surface area contributed by atoms with E-state index < -0.39 is 5.82 Å². The normalized spacial score (nSPS) is 9.89. The highest BCUT2D eigenvalue weighted by molar-refractivity contribution is 9.09. The van der Waals surface area contributed by atoms with Crippen LogP contribution in [-0.4, -0.2) is 11.2 Å². The number of carbonyl (C=O) groups excluding carboxylic acids is 1. The Bertz CT molecular complexity index is 483. The molecule has 0 aliphatic heterocycles. The summed E-state index contributed by atoms with van der Waals surface area (Å²) < 4.78 is 13.5. The first-order valence-electron chi connectivity index (χ1n) is 5.64. The quantitative estimate of drug-likeness (QED) is 0.668. The zero-order chi connectivity index (χ0) is 13.5. The monoisotopic (exact) mass is 312 g/mol. The van der Waals surface area contributed by atoms with Crippen LogP contribution in [0.3, 0.4) is 0 Å². The molecule has 0 unspecified atom stereocenters. The third-order valence-electron chi connectivity index (χ3n) is 2.53. The molecule has 1 rings (SSSR count). The average molecular weight is 313 g/mol. The zero-order valence-electron chi connectivity index (χ0n) is 10.1. The fourth-order valence-corrected chi connectivity index (χ4v) is 1.86. The highest BCUT2D eigenvalue weighted by atomic mass is 79.9. The molecule has 0 fully saturated rings. The first-order valence-corrected chi connectivity index (χ1v) is 6.76. The van der Waals surface area contributed by atoms with Crippen LogP contribution in [-0.2, 0) is 4.79 Å². The molecule has 0 spiro atoms. The van der Waals surface area contributed by atoms with Gasteiger partial charge in [-0.3, -0.25) is 4.79 Å². The van der Waals surface area contributed by atoms with E-state index in [2.05, 4.69) is 21.2 Å². The summed E-state index contributed by atoms with van der Waals surface area (Å²) in [4.78, 5) is 11.6. The number of unbranched alkanes of at least 4 members (excludes halogenated alkanes) is 1. The second-order valence-corrected chi connectivity index (χ2v) is 4.73. The molecule has 0 aliphatic rings. The van der Waals surface area contributed by atoms with Gasteiger partial charge in [-0.25, -0.2) is 4.39 Å². The van der Waals surface area contributed by atoms with Gasteiger partial charge < -0.3 is 5.32 Å². The van der Waals surface area contributed by atoms with Crippen LogP contribution in [0.1, 0.15) is 30.4 Å². The highest BCUT2D eigenvalue weighted by Crippen LogP contribution is 2.20. The highest BCUT2D eigenvalue weighted by Gasteiger charge is 2.09. The minimum Gasteiger partial charge on any atom is -0.326 e. The number of amides is 1. The predicted molar refractivity (Wildman–Crippen MR) is 72.1 cm³/mol. The van der Waals surface area contributed by atoms with E-state index in [0.717, 1.165) is 24.2 Å². The number of halogens is 2. The number of nitrogens with zero attached hydrogens (tertiary/aromatic N) is 1. The summed E-state index contributed by atoms with van der Waals surface area (Å²) in [6, 6.07) is 4.51. The number of alkyl halides is 1. The summed E-state index contributed by atoms with van der Waals surface area (Å²) in [7, 11) is 0. The molecule has 0 radical (unpaired) electrons. The number of hydrogen-bond acceptors (Lipinski definition) is 2. The first kappa shape index (κ1) is 14.7. The fraction of sp³-hybridized carbons (Fsp3) is 0.385. The van der Waals surface area contributed by atoms with E-state index in [-0.39, 0.29) is 11.5 Å². The van der Waals surface area contributed by atoms with Gasteiger partial charge in [-0.1, -0.05) is 15.9 Å². The number of nitriles is 1. The lowest BCUT2D eigenvalue weighted by atomic mass is 10.1. The van der Waals surface area contributed by atoms with E-state index in [1.165, 1.54) is 6.07 Å². The van der Waals surface area contributed by atoms with Crippen molar-refractivity contribution < 1.29 is 9.18 Å². The Balaban J connectivity index is 2.75. The predicted octanol–water partition coefficient (Wildman–Crippen LogP) is 3.51. The van der Waals surface area contributed by atoms with Crippen LogP contribution in [0.4, 0.5) is 10.1 Å². The molecule has 96 valence electrons. The molecule has 1 aromatic rings. The molecule has 18 heavy (non-hydrogen) atoms. The van der Waals surface area contributed by atoms with Crippen molar-refractivity contribution in [2.24, 2.45) is 0 Å². The summed E-state index contributed by atoms with van der Waals surface area (Å²) >= 11 is 3.29. The largest absolute Gasteiger partial charge is 0.326 e. The number of hydrogen-bond donors (Lipinski definition) is 1. The topological polar surface area (TPSA) is 52.9 Å². The van der Waals surface area contributed by atoms with Crippen LogP contribution in [0.5, 0.6) is 0 Å². The molecule has 0 saturated carbocycles. The van der Waals surface area contributed by atoms with E-state index in [9.17, 15) is 9.18 Å². The molecular formula is C13H14BrFN2O. The maximum absolute atomic E-state index is 13.5. The Kier molecular flexibility index (Phi) is 5.79. The van der Waals surface area contributed by atoms with Crippen LogP contribution >= 0.6 is 15.9 Å². The van der Waals surface area contributed by atoms with Crippen molar-refractivity contribution in [3.05, 3.63) is 29.1 Å². The van der Waals surface area contributed by atoms with Gasteiger partial charge >= 0.3 is 0 Å². The molecule has 1 aromatic carbocycles. The van der Waals surface area contributed by atoms with Gasteiger partial charge in [0.05, 0.1) is 11.6 Å². The van der Waals surface area contributed by atoms with Gasteiger partial charge in [0.25, 0.3) is 0 Å². The molecule has 0 aromatic heterocycles. The van der Waals surface area contributed by atoms with Crippen molar-refractivity contribution in [2.75, 3.05) is 10.6 Å². The molecule has 1 amide bonds. The van der Waals surface area contributed by atoms with Gasteiger partial charge in [0.1, 0.15) is 5.82 Å². The third kappa shape index (κ3) is 4.11. The number of benzene rings is 1. The van der Waals surface area contributed by atoms with Crippen molar-refractivity contribution in [1.82, 2.24) is 0 Å². The van der Waals surface area contributed by atoms with Gasteiger partial charge in [-0.05, 0) is 31.9 Å². The fourth-order valence-electron chi connectivity index (χ4n) is 1.47. The lowest BCUT2D eigenvalue weighted by molar-refractivity contribution is -0.116. The van der Waals surface area contributed by atoms with Gasteiger partial charge in [0.15, 0.2) is 0 Å². The van der Waals surface area contributed by atoms with Crippen LogP contribution in [0.25, 0.3) is 0 Å². The summed E-state index contributed by atoms with van der Waals surface area (Å²) in [5, 5.41) is 12.2. The van der Waals surface area contributed by atoms with Gasteiger partial charge in [-0.15, -0.1) is 0 Å². The minimum atomic E-state index is -0.482. The smallest absolute Gasteiger partial charge is 0.224 e. The lowest BCUT2D eigenvalue weighted by Gasteiger charge is -2.09. The molecular weight excluding hydrogens is 299 g/mol. The molecule has 0 atom stereocenters. The molecule has 0 heterocycles. The van der Waals surface area contributed by atoms with Crippen molar-refractivity contribution in [1.29, 1.82) is 5.26 Å². The lowest BCUT2D eigenvalue weighted by Crippen LogP contribution is -2.12. The molecule has 3 nitrogen and oxygen atoms in total. The van der Waals surface area contributed by atoms with E-state index in [4.69, 9.17) is 5.26 Å². The van der Waals surface area contributed by atoms with Crippen molar-refractivity contribution in [2.45, 2.75) is 26.2 Å². The second kappa shape index (κ2) is 7.12. The van der Waals surface area contributed by atoms with Crippen LogP contribution in [0, 0.1) is 24.1 Å². The average Bonchev–Trinajstić information content (AvgIpc) is 2.35. The van der Waals surface area contributed by atoms with E-state index in [0.29, 0.717) is 17.7 Å². The molecule has 0 bridgehead atoms.